The van der Waals surface area contributed by atoms with Crippen LogP contribution in [0, 0.1) is 0 Å². The molecule has 1 heterocycles. The summed E-state index contributed by atoms with van der Waals surface area (Å²) in [7, 11) is 0. The van der Waals surface area contributed by atoms with Crippen molar-refractivity contribution in [3.63, 3.8) is 0 Å². The quantitative estimate of drug-likeness (QED) is 0.814. The number of rotatable bonds is 1. The van der Waals surface area contributed by atoms with Gasteiger partial charge in [0.05, 0.1) is 6.85 Å². The van der Waals surface area contributed by atoms with E-state index in [0.717, 1.165) is 0 Å². The largest absolute Gasteiger partial charge is 0.196 e. The molecule has 0 bridgehead atoms. The van der Waals surface area contributed by atoms with Crippen molar-refractivity contribution in [3.8, 4) is 11.3 Å². The SMILES string of the molecule is [2H]c1c([2H])c([2H])c(-c2n[nH]nc2Br)c([2H])c1[2H]. The monoisotopic (exact) mass is 228 g/mol. The van der Waals surface area contributed by atoms with Crippen molar-refractivity contribution in [1.82, 2.24) is 15.4 Å². The molecule has 0 aliphatic carbocycles. The number of nitrogens with one attached hydrogen (secondary N) is 1. The second kappa shape index (κ2) is 3.06. The number of nitrogens with zero attached hydrogens (tertiary/aromatic N) is 2. The maximum Gasteiger partial charge on any atom is 0.156 e. The van der Waals surface area contributed by atoms with Crippen molar-refractivity contribution in [3.05, 3.63) is 34.8 Å². The van der Waals surface area contributed by atoms with Gasteiger partial charge in [-0.1, -0.05) is 30.2 Å². The van der Waals surface area contributed by atoms with Crippen LogP contribution in [0.5, 0.6) is 0 Å². The first-order valence-corrected chi connectivity index (χ1v) is 3.88. The van der Waals surface area contributed by atoms with E-state index in [9.17, 15) is 0 Å². The summed E-state index contributed by atoms with van der Waals surface area (Å²) in [5.74, 6) is 0. The van der Waals surface area contributed by atoms with Gasteiger partial charge in [-0.15, -0.1) is 5.10 Å². The van der Waals surface area contributed by atoms with Crippen LogP contribution in [-0.4, -0.2) is 15.4 Å². The lowest BCUT2D eigenvalue weighted by atomic mass is 10.2. The molecule has 60 valence electrons. The highest BCUT2D eigenvalue weighted by molar-refractivity contribution is 9.10. The molecule has 0 aliphatic rings. The molecule has 0 fully saturated rings. The van der Waals surface area contributed by atoms with Crippen LogP contribution in [0.1, 0.15) is 6.85 Å². The third-order valence-corrected chi connectivity index (χ3v) is 1.80. The van der Waals surface area contributed by atoms with Crippen LogP contribution in [0.3, 0.4) is 0 Å². The maximum atomic E-state index is 7.73. The van der Waals surface area contributed by atoms with Crippen LogP contribution in [0.25, 0.3) is 11.3 Å². The number of halogens is 1. The Labute approximate surface area is 85.0 Å². The summed E-state index contributed by atoms with van der Waals surface area (Å²) in [5, 5.41) is 9.79. The van der Waals surface area contributed by atoms with Gasteiger partial charge in [0.2, 0.25) is 0 Å². The van der Waals surface area contributed by atoms with E-state index >= 15 is 0 Å². The normalized spacial score (nSPS) is 15.9. The molecule has 0 saturated heterocycles. The lowest BCUT2D eigenvalue weighted by Gasteiger charge is -1.93. The molecule has 0 aliphatic heterocycles. The molecule has 1 aromatic heterocycles. The summed E-state index contributed by atoms with van der Waals surface area (Å²) in [5.41, 5.74) is 0.221. The lowest BCUT2D eigenvalue weighted by Crippen LogP contribution is -1.76. The number of aromatic nitrogens is 3. The Hall–Kier alpha value is -1.16. The first kappa shape index (κ1) is 3.70. The Kier molecular flexibility index (Phi) is 0.945. The van der Waals surface area contributed by atoms with E-state index < -0.39 is 18.1 Å². The average molecular weight is 229 g/mol. The van der Waals surface area contributed by atoms with E-state index in [-0.39, 0.29) is 23.3 Å². The Morgan fingerprint density at radius 1 is 1.25 bits per heavy atom. The number of aromatic amines is 1. The van der Waals surface area contributed by atoms with Gasteiger partial charge >= 0.3 is 0 Å². The Morgan fingerprint density at radius 3 is 2.58 bits per heavy atom. The first-order chi connectivity index (χ1) is 7.95. The predicted molar refractivity (Wildman–Crippen MR) is 49.5 cm³/mol. The fraction of sp³-hybridized carbons (Fsp3) is 0. The van der Waals surface area contributed by atoms with Gasteiger partial charge in [0.1, 0.15) is 5.69 Å². The summed E-state index contributed by atoms with van der Waals surface area (Å²) < 4.78 is 38.3. The summed E-state index contributed by atoms with van der Waals surface area (Å²) in [6.45, 7) is 0. The van der Waals surface area contributed by atoms with Gasteiger partial charge in [0.15, 0.2) is 4.60 Å². The van der Waals surface area contributed by atoms with Gasteiger partial charge in [-0.05, 0) is 15.9 Å². The summed E-state index contributed by atoms with van der Waals surface area (Å²) >= 11 is 3.10. The van der Waals surface area contributed by atoms with Gasteiger partial charge in [-0.25, -0.2) is 0 Å². The zero-order chi connectivity index (χ0) is 12.7. The van der Waals surface area contributed by atoms with Crippen LogP contribution in [0.15, 0.2) is 34.8 Å². The van der Waals surface area contributed by atoms with Crippen LogP contribution in [0.4, 0.5) is 0 Å². The van der Waals surface area contributed by atoms with Crippen molar-refractivity contribution in [2.75, 3.05) is 0 Å². The Balaban J connectivity index is 2.84. The maximum absolute atomic E-state index is 7.73. The summed E-state index contributed by atoms with van der Waals surface area (Å²) in [6, 6.07) is -1.81. The van der Waals surface area contributed by atoms with Crippen molar-refractivity contribution in [2.45, 2.75) is 0 Å². The molecule has 0 saturated carbocycles. The molecule has 2 rings (SSSR count). The zero-order valence-electron chi connectivity index (χ0n) is 10.8. The van der Waals surface area contributed by atoms with Crippen LogP contribution in [-0.2, 0) is 0 Å². The van der Waals surface area contributed by atoms with Crippen molar-refractivity contribution in [2.24, 2.45) is 0 Å². The molecule has 0 radical (unpaired) electrons. The number of hydrogen-bond donors (Lipinski definition) is 1. The zero-order valence-corrected chi connectivity index (χ0v) is 7.36. The first-order valence-electron chi connectivity index (χ1n) is 5.58. The molecule has 0 amide bonds. The highest BCUT2D eigenvalue weighted by Gasteiger charge is 2.05. The van der Waals surface area contributed by atoms with Gasteiger partial charge in [0.25, 0.3) is 0 Å². The molecule has 12 heavy (non-hydrogen) atoms. The standard InChI is InChI=1S/C8H6BrN3/c9-8-7(10-12-11-8)6-4-2-1-3-5-6/h1-5H,(H,10,11,12)/i1D,2D,3D,4D,5D. The summed E-state index contributed by atoms with van der Waals surface area (Å²) in [4.78, 5) is 0. The third-order valence-electron chi connectivity index (χ3n) is 1.24. The van der Waals surface area contributed by atoms with E-state index in [1.807, 2.05) is 0 Å². The molecule has 0 unspecified atom stereocenters. The third kappa shape index (κ3) is 1.25. The van der Waals surface area contributed by atoms with Gasteiger partial charge in [0, 0.05) is 5.56 Å². The highest BCUT2D eigenvalue weighted by atomic mass is 79.9. The van der Waals surface area contributed by atoms with Crippen molar-refractivity contribution in [1.29, 1.82) is 0 Å². The molecule has 1 aromatic carbocycles. The van der Waals surface area contributed by atoms with E-state index in [1.165, 1.54) is 0 Å². The average Bonchev–Trinajstić information content (AvgIpc) is 2.71. The smallest absolute Gasteiger partial charge is 0.156 e. The molecule has 0 spiro atoms. The minimum absolute atomic E-state index is 0.0247. The van der Waals surface area contributed by atoms with E-state index in [4.69, 9.17) is 6.85 Å². The van der Waals surface area contributed by atoms with Gasteiger partial charge < -0.3 is 0 Å². The second-order valence-electron chi connectivity index (χ2n) is 1.96. The van der Waals surface area contributed by atoms with Crippen molar-refractivity contribution < 1.29 is 6.85 Å². The molecule has 1 N–H and O–H groups in total. The van der Waals surface area contributed by atoms with Crippen molar-refractivity contribution >= 4 is 15.9 Å². The Bertz CT molecular complexity index is 568. The highest BCUT2D eigenvalue weighted by Crippen LogP contribution is 2.22. The van der Waals surface area contributed by atoms with Crippen LogP contribution in [0.2, 0.25) is 0 Å². The molecule has 2 aromatic rings. The van der Waals surface area contributed by atoms with Gasteiger partial charge in [-0.3, -0.25) is 0 Å². The van der Waals surface area contributed by atoms with Crippen LogP contribution < -0.4 is 0 Å². The van der Waals surface area contributed by atoms with Gasteiger partial charge in [-0.2, -0.15) is 10.3 Å². The molecular weight excluding hydrogens is 218 g/mol. The Morgan fingerprint density at radius 2 is 2.00 bits per heavy atom. The summed E-state index contributed by atoms with van der Waals surface area (Å²) in [6.07, 6.45) is 0. The minimum Gasteiger partial charge on any atom is -0.196 e. The molecule has 4 heteroatoms. The van der Waals surface area contributed by atoms with E-state index in [2.05, 4.69) is 31.3 Å². The van der Waals surface area contributed by atoms with E-state index in [1.54, 1.807) is 0 Å². The predicted octanol–water partition coefficient (Wildman–Crippen LogP) is 2.23. The molecule has 0 atom stereocenters. The fourth-order valence-corrected chi connectivity index (χ4v) is 1.11. The topological polar surface area (TPSA) is 41.6 Å². The molecule has 3 nitrogen and oxygen atoms in total. The lowest BCUT2D eigenvalue weighted by molar-refractivity contribution is 0.935. The fourth-order valence-electron chi connectivity index (χ4n) is 0.745. The van der Waals surface area contributed by atoms with Crippen LogP contribution >= 0.6 is 15.9 Å². The number of benzene rings is 1. The minimum atomic E-state index is -0.427. The van der Waals surface area contributed by atoms with E-state index in [0.29, 0.717) is 4.60 Å². The number of hydrogen-bond acceptors (Lipinski definition) is 2. The second-order valence-corrected chi connectivity index (χ2v) is 2.71. The number of H-pyrrole nitrogens is 1. The molecular formula is C8H6BrN3.